The van der Waals surface area contributed by atoms with Gasteiger partial charge in [-0.1, -0.05) is 18.2 Å². The molecule has 0 unspecified atom stereocenters. The highest BCUT2D eigenvalue weighted by Gasteiger charge is 2.33. The zero-order chi connectivity index (χ0) is 29.3. The average Bonchev–Trinajstić information content (AvgIpc) is 3.28. The summed E-state index contributed by atoms with van der Waals surface area (Å²) < 4.78 is 10.7. The van der Waals surface area contributed by atoms with Crippen molar-refractivity contribution >= 4 is 29.1 Å². The highest BCUT2D eigenvalue weighted by atomic mass is 16.6. The standard InChI is InChI=1S/C31H44N6O4/c1-7-40-28(38)14-12-23-11-13-27-29(22(23)2)37(32-33(27)6)26-10-8-9-24-21-36(16-15-25(24)26)35-19-17-34(18-20-35)30(39)41-31(3,4)5/h8-11,13,32H,7,12,14-21H2,1-6H3. The molecule has 3 aliphatic heterocycles. The van der Waals surface area contributed by atoms with E-state index >= 15 is 0 Å². The predicted octanol–water partition coefficient (Wildman–Crippen LogP) is 4.32. The van der Waals surface area contributed by atoms with Gasteiger partial charge in [0.25, 0.3) is 0 Å². The Morgan fingerprint density at radius 1 is 0.976 bits per heavy atom. The van der Waals surface area contributed by atoms with E-state index in [0.29, 0.717) is 32.5 Å². The molecule has 0 bridgehead atoms. The van der Waals surface area contributed by atoms with E-state index in [1.807, 2.05) is 39.6 Å². The first kappa shape index (κ1) is 29.2. The van der Waals surface area contributed by atoms with Gasteiger partial charge in [-0.25, -0.2) is 14.8 Å². The molecule has 222 valence electrons. The van der Waals surface area contributed by atoms with E-state index in [2.05, 4.69) is 62.8 Å². The van der Waals surface area contributed by atoms with Crippen LogP contribution in [0.2, 0.25) is 0 Å². The Balaban J connectivity index is 1.30. The minimum absolute atomic E-state index is 0.160. The second-order valence-electron chi connectivity index (χ2n) is 12.0. The van der Waals surface area contributed by atoms with Gasteiger partial charge in [-0.15, -0.1) is 5.53 Å². The van der Waals surface area contributed by atoms with Gasteiger partial charge in [0.05, 0.1) is 23.7 Å². The number of ether oxygens (including phenoxy) is 2. The normalized spacial score (nSPS) is 17.9. The van der Waals surface area contributed by atoms with Gasteiger partial charge in [-0.3, -0.25) is 14.8 Å². The number of aryl methyl sites for hydroxylation is 1. The number of carbonyl (C=O) groups excluding carboxylic acids is 2. The predicted molar refractivity (Wildman–Crippen MR) is 160 cm³/mol. The molecule has 1 N–H and O–H groups in total. The van der Waals surface area contributed by atoms with Crippen LogP contribution < -0.4 is 15.6 Å². The number of piperazine rings is 1. The molecule has 10 nitrogen and oxygen atoms in total. The summed E-state index contributed by atoms with van der Waals surface area (Å²) in [6, 6.07) is 10.8. The lowest BCUT2D eigenvalue weighted by Gasteiger charge is -2.43. The summed E-state index contributed by atoms with van der Waals surface area (Å²) in [6.45, 7) is 14.8. The fourth-order valence-corrected chi connectivity index (χ4v) is 5.96. The zero-order valence-electron chi connectivity index (χ0n) is 25.3. The van der Waals surface area contributed by atoms with Crippen LogP contribution in [0.4, 0.5) is 21.9 Å². The number of anilines is 3. The van der Waals surface area contributed by atoms with Crippen LogP contribution in [0.25, 0.3) is 0 Å². The van der Waals surface area contributed by atoms with E-state index in [1.165, 1.54) is 16.7 Å². The van der Waals surface area contributed by atoms with E-state index in [-0.39, 0.29) is 12.1 Å². The lowest BCUT2D eigenvalue weighted by molar-refractivity contribution is -0.143. The van der Waals surface area contributed by atoms with Crippen molar-refractivity contribution in [2.75, 3.05) is 56.4 Å². The molecule has 2 aromatic rings. The maximum atomic E-state index is 12.5. The zero-order valence-corrected chi connectivity index (χ0v) is 25.3. The van der Waals surface area contributed by atoms with Crippen LogP contribution in [-0.4, -0.2) is 79.0 Å². The van der Waals surface area contributed by atoms with Gasteiger partial charge in [0, 0.05) is 52.7 Å². The summed E-state index contributed by atoms with van der Waals surface area (Å²) in [4.78, 5) is 26.3. The Labute approximate surface area is 243 Å². The molecule has 41 heavy (non-hydrogen) atoms. The van der Waals surface area contributed by atoms with Crippen LogP contribution in [-0.2, 0) is 33.7 Å². The molecule has 3 heterocycles. The highest BCUT2D eigenvalue weighted by molar-refractivity contribution is 5.85. The number of benzene rings is 2. The van der Waals surface area contributed by atoms with Gasteiger partial charge < -0.3 is 14.4 Å². The Morgan fingerprint density at radius 3 is 2.44 bits per heavy atom. The van der Waals surface area contributed by atoms with Crippen LogP contribution in [0.15, 0.2) is 30.3 Å². The summed E-state index contributed by atoms with van der Waals surface area (Å²) in [5, 5.41) is 9.06. The first-order valence-corrected chi connectivity index (χ1v) is 14.7. The van der Waals surface area contributed by atoms with E-state index in [9.17, 15) is 9.59 Å². The monoisotopic (exact) mass is 564 g/mol. The number of nitrogens with one attached hydrogen (secondary N) is 1. The van der Waals surface area contributed by atoms with Gasteiger partial charge in [-0.2, -0.15) is 0 Å². The molecule has 1 amide bonds. The minimum Gasteiger partial charge on any atom is -0.466 e. The highest BCUT2D eigenvalue weighted by Crippen LogP contribution is 2.43. The molecule has 1 saturated heterocycles. The van der Waals surface area contributed by atoms with Crippen LogP contribution in [0.1, 0.15) is 56.4 Å². The largest absolute Gasteiger partial charge is 0.466 e. The first-order chi connectivity index (χ1) is 19.6. The second kappa shape index (κ2) is 11.9. The number of hydrazine groups is 3. The minimum atomic E-state index is -0.481. The Morgan fingerprint density at radius 2 is 1.73 bits per heavy atom. The first-order valence-electron chi connectivity index (χ1n) is 14.7. The third-order valence-electron chi connectivity index (χ3n) is 8.03. The molecule has 10 heteroatoms. The van der Waals surface area contributed by atoms with Crippen molar-refractivity contribution in [1.29, 1.82) is 0 Å². The van der Waals surface area contributed by atoms with Crippen LogP contribution in [0, 0.1) is 6.92 Å². The number of nitrogens with zero attached hydrogens (tertiary/aromatic N) is 5. The fourth-order valence-electron chi connectivity index (χ4n) is 5.96. The van der Waals surface area contributed by atoms with Gasteiger partial charge in [-0.05, 0) is 81.8 Å². The van der Waals surface area contributed by atoms with E-state index in [4.69, 9.17) is 9.47 Å². The number of amides is 1. The molecule has 2 aromatic carbocycles. The molecular weight excluding hydrogens is 520 g/mol. The second-order valence-corrected chi connectivity index (χ2v) is 12.0. The number of fused-ring (bicyclic) bond motifs is 2. The number of rotatable bonds is 6. The van der Waals surface area contributed by atoms with Crippen molar-refractivity contribution in [1.82, 2.24) is 20.5 Å². The third-order valence-corrected chi connectivity index (χ3v) is 8.03. The summed E-state index contributed by atoms with van der Waals surface area (Å²) >= 11 is 0. The smallest absolute Gasteiger partial charge is 0.410 e. The van der Waals surface area contributed by atoms with Crippen molar-refractivity contribution in [3.8, 4) is 0 Å². The SMILES string of the molecule is CCOC(=O)CCc1ccc2c(c1C)N(c1cccc3c1CCN(N1CCN(C(=O)OC(C)(C)C)CC1)C3)NN2C. The van der Waals surface area contributed by atoms with E-state index in [1.54, 1.807) is 0 Å². The van der Waals surface area contributed by atoms with Crippen molar-refractivity contribution in [3.05, 3.63) is 52.6 Å². The van der Waals surface area contributed by atoms with Crippen molar-refractivity contribution in [2.24, 2.45) is 0 Å². The number of hydrogen-bond donors (Lipinski definition) is 1. The van der Waals surface area contributed by atoms with Crippen LogP contribution in [0.3, 0.4) is 0 Å². The van der Waals surface area contributed by atoms with Crippen molar-refractivity contribution in [2.45, 2.75) is 66.0 Å². The fraction of sp³-hybridized carbons (Fsp3) is 0.548. The third kappa shape index (κ3) is 6.29. The molecule has 0 radical (unpaired) electrons. The van der Waals surface area contributed by atoms with E-state index < -0.39 is 5.60 Å². The summed E-state index contributed by atoms with van der Waals surface area (Å²) in [7, 11) is 2.03. The topological polar surface area (TPSA) is 80.8 Å². The maximum absolute atomic E-state index is 12.5. The lowest BCUT2D eigenvalue weighted by Crippen LogP contribution is -2.56. The summed E-state index contributed by atoms with van der Waals surface area (Å²) in [5.74, 6) is -0.160. The molecule has 0 spiro atoms. The quantitative estimate of drug-likeness (QED) is 0.516. The maximum Gasteiger partial charge on any atom is 0.410 e. The molecular formula is C31H44N6O4. The average molecular weight is 565 g/mol. The molecule has 0 aliphatic carbocycles. The molecule has 0 saturated carbocycles. The number of esters is 1. The lowest BCUT2D eigenvalue weighted by atomic mass is 9.96. The number of carbonyl (C=O) groups is 2. The van der Waals surface area contributed by atoms with E-state index in [0.717, 1.165) is 55.2 Å². The Bertz CT molecular complexity index is 1280. The van der Waals surface area contributed by atoms with Gasteiger partial charge in [0.1, 0.15) is 5.60 Å². The Hall–Kier alpha value is -3.34. The molecule has 1 fully saturated rings. The van der Waals surface area contributed by atoms with Gasteiger partial charge in [0.2, 0.25) is 0 Å². The molecule has 0 aromatic heterocycles. The Kier molecular flexibility index (Phi) is 8.45. The molecule has 0 atom stereocenters. The summed E-state index contributed by atoms with van der Waals surface area (Å²) in [6.07, 6.45) is 1.72. The van der Waals surface area contributed by atoms with Gasteiger partial charge in [0.15, 0.2) is 0 Å². The molecule has 5 rings (SSSR count). The van der Waals surface area contributed by atoms with Crippen molar-refractivity contribution in [3.63, 3.8) is 0 Å². The van der Waals surface area contributed by atoms with Crippen LogP contribution >= 0.6 is 0 Å². The van der Waals surface area contributed by atoms with Crippen molar-refractivity contribution < 1.29 is 19.1 Å². The van der Waals surface area contributed by atoms with Crippen LogP contribution in [0.5, 0.6) is 0 Å². The number of hydrogen-bond acceptors (Lipinski definition) is 9. The van der Waals surface area contributed by atoms with Gasteiger partial charge >= 0.3 is 12.1 Å². The molecule has 3 aliphatic rings. The summed E-state index contributed by atoms with van der Waals surface area (Å²) in [5.41, 5.74) is 11.5.